The summed E-state index contributed by atoms with van der Waals surface area (Å²) in [4.78, 5) is 35.8. The summed E-state index contributed by atoms with van der Waals surface area (Å²) in [7, 11) is 0. The van der Waals surface area contributed by atoms with Crippen LogP contribution in [0.4, 0.5) is 10.1 Å². The number of benzene rings is 2. The number of nitrogens with one attached hydrogen (secondary N) is 1. The number of amides is 1. The molecule has 0 aromatic heterocycles. The molecular formula is C20H20FNO4. The van der Waals surface area contributed by atoms with Gasteiger partial charge >= 0.3 is 5.97 Å². The lowest BCUT2D eigenvalue weighted by atomic mass is 10.1. The zero-order valence-corrected chi connectivity index (χ0v) is 14.5. The molecule has 0 saturated heterocycles. The molecular weight excluding hydrogens is 337 g/mol. The van der Waals surface area contributed by atoms with Crippen LogP contribution >= 0.6 is 0 Å². The van der Waals surface area contributed by atoms with Gasteiger partial charge in [-0.05, 0) is 48.9 Å². The van der Waals surface area contributed by atoms with Crippen LogP contribution < -0.4 is 5.32 Å². The van der Waals surface area contributed by atoms with Gasteiger partial charge in [0.1, 0.15) is 5.82 Å². The van der Waals surface area contributed by atoms with E-state index in [2.05, 4.69) is 5.32 Å². The Labute approximate surface area is 151 Å². The van der Waals surface area contributed by atoms with E-state index < -0.39 is 11.8 Å². The third-order valence-electron chi connectivity index (χ3n) is 3.56. The van der Waals surface area contributed by atoms with E-state index in [0.29, 0.717) is 23.4 Å². The largest absolute Gasteiger partial charge is 0.462 e. The predicted molar refractivity (Wildman–Crippen MR) is 95.6 cm³/mol. The molecule has 6 heteroatoms. The van der Waals surface area contributed by atoms with Crippen molar-refractivity contribution in [3.8, 4) is 0 Å². The number of Topliss-reactive ketones (excluding diaryl/α,β-unsaturated/α-hetero) is 1. The Morgan fingerprint density at radius 3 is 2.42 bits per heavy atom. The van der Waals surface area contributed by atoms with E-state index in [-0.39, 0.29) is 24.5 Å². The topological polar surface area (TPSA) is 72.5 Å². The molecule has 0 heterocycles. The van der Waals surface area contributed by atoms with E-state index in [4.69, 9.17) is 4.74 Å². The first-order chi connectivity index (χ1) is 12.5. The highest BCUT2D eigenvalue weighted by Crippen LogP contribution is 2.13. The van der Waals surface area contributed by atoms with Crippen LogP contribution in [0.2, 0.25) is 0 Å². The van der Waals surface area contributed by atoms with Gasteiger partial charge in [-0.25, -0.2) is 9.18 Å². The lowest BCUT2D eigenvalue weighted by Crippen LogP contribution is -2.14. The third-order valence-corrected chi connectivity index (χ3v) is 3.56. The lowest BCUT2D eigenvalue weighted by Gasteiger charge is -2.08. The predicted octanol–water partition coefficient (Wildman–Crippen LogP) is 3.99. The Bertz CT molecular complexity index is 787. The van der Waals surface area contributed by atoms with E-state index in [1.807, 2.05) is 6.92 Å². The van der Waals surface area contributed by atoms with Crippen LogP contribution in [0.5, 0.6) is 0 Å². The van der Waals surface area contributed by atoms with Crippen LogP contribution in [0.1, 0.15) is 46.9 Å². The van der Waals surface area contributed by atoms with Gasteiger partial charge in [0, 0.05) is 24.1 Å². The molecule has 1 N–H and O–H groups in total. The minimum Gasteiger partial charge on any atom is -0.462 e. The molecule has 0 unspecified atom stereocenters. The molecule has 0 spiro atoms. The monoisotopic (exact) mass is 357 g/mol. The van der Waals surface area contributed by atoms with Crippen molar-refractivity contribution in [3.05, 3.63) is 65.5 Å². The molecule has 0 aliphatic rings. The minimum absolute atomic E-state index is 0.00962. The third kappa shape index (κ3) is 5.81. The van der Waals surface area contributed by atoms with Gasteiger partial charge in [-0.3, -0.25) is 9.59 Å². The Balaban J connectivity index is 1.88. The van der Waals surface area contributed by atoms with Gasteiger partial charge in [-0.15, -0.1) is 0 Å². The number of ether oxygens (including phenoxy) is 1. The summed E-state index contributed by atoms with van der Waals surface area (Å²) in [6.45, 7) is 2.23. The van der Waals surface area contributed by atoms with Crippen LogP contribution in [0.3, 0.4) is 0 Å². The zero-order valence-electron chi connectivity index (χ0n) is 14.5. The Hall–Kier alpha value is -3.02. The maximum absolute atomic E-state index is 12.9. The molecule has 0 fully saturated rings. The second-order valence-electron chi connectivity index (χ2n) is 5.69. The molecule has 2 rings (SSSR count). The van der Waals surface area contributed by atoms with E-state index in [9.17, 15) is 18.8 Å². The van der Waals surface area contributed by atoms with Crippen molar-refractivity contribution >= 4 is 23.3 Å². The quantitative estimate of drug-likeness (QED) is 0.573. The molecule has 2 aromatic rings. The summed E-state index contributed by atoms with van der Waals surface area (Å²) < 4.78 is 17.9. The number of anilines is 1. The molecule has 0 aliphatic heterocycles. The van der Waals surface area contributed by atoms with Crippen LogP contribution in [-0.4, -0.2) is 24.3 Å². The summed E-state index contributed by atoms with van der Waals surface area (Å²) in [5.41, 5.74) is 1.16. The van der Waals surface area contributed by atoms with Crippen molar-refractivity contribution < 1.29 is 23.5 Å². The van der Waals surface area contributed by atoms with Crippen LogP contribution in [-0.2, 0) is 9.53 Å². The van der Waals surface area contributed by atoms with E-state index in [1.54, 1.807) is 18.2 Å². The highest BCUT2D eigenvalue weighted by Gasteiger charge is 2.11. The molecule has 2 aromatic carbocycles. The number of hydrogen-bond acceptors (Lipinski definition) is 4. The van der Waals surface area contributed by atoms with Gasteiger partial charge in [0.25, 0.3) is 0 Å². The van der Waals surface area contributed by atoms with Crippen LogP contribution in [0.15, 0.2) is 48.5 Å². The molecule has 26 heavy (non-hydrogen) atoms. The fourth-order valence-electron chi connectivity index (χ4n) is 2.23. The number of halogens is 1. The number of carbonyl (C=O) groups excluding carboxylic acids is 3. The van der Waals surface area contributed by atoms with Crippen molar-refractivity contribution in [3.63, 3.8) is 0 Å². The summed E-state index contributed by atoms with van der Waals surface area (Å²) >= 11 is 0. The average Bonchev–Trinajstić information content (AvgIpc) is 2.65. The number of hydrogen-bond donors (Lipinski definition) is 1. The van der Waals surface area contributed by atoms with Gasteiger partial charge in [0.05, 0.1) is 12.2 Å². The van der Waals surface area contributed by atoms with Gasteiger partial charge in [0.15, 0.2) is 5.78 Å². The second kappa shape index (κ2) is 9.46. The van der Waals surface area contributed by atoms with Crippen LogP contribution in [0, 0.1) is 5.82 Å². The normalized spacial score (nSPS) is 10.2. The Kier molecular flexibility index (Phi) is 7.02. The molecule has 5 nitrogen and oxygen atoms in total. The highest BCUT2D eigenvalue weighted by molar-refractivity contribution is 6.00. The maximum atomic E-state index is 12.9. The average molecular weight is 357 g/mol. The number of carbonyl (C=O) groups is 3. The van der Waals surface area contributed by atoms with Crippen molar-refractivity contribution in [1.82, 2.24) is 0 Å². The lowest BCUT2D eigenvalue weighted by molar-refractivity contribution is -0.116. The molecule has 136 valence electrons. The molecule has 0 aliphatic carbocycles. The number of rotatable bonds is 8. The molecule has 0 atom stereocenters. The first-order valence-electron chi connectivity index (χ1n) is 8.35. The summed E-state index contributed by atoms with van der Waals surface area (Å²) in [6.07, 6.45) is 0.723. The molecule has 0 bridgehead atoms. The summed E-state index contributed by atoms with van der Waals surface area (Å²) in [5.74, 6) is -1.46. The fraction of sp³-hybridized carbons (Fsp3) is 0.250. The van der Waals surface area contributed by atoms with Crippen molar-refractivity contribution in [2.75, 3.05) is 11.9 Å². The number of ketones is 1. The van der Waals surface area contributed by atoms with Crippen molar-refractivity contribution in [2.24, 2.45) is 0 Å². The standard InChI is InChI=1S/C20H20FNO4/c1-2-12-26-20(25)15-4-3-5-17(13-15)22-19(24)11-10-18(23)14-6-8-16(21)9-7-14/h3-9,13H,2,10-12H2,1H3,(H,22,24). The molecule has 0 radical (unpaired) electrons. The fourth-order valence-corrected chi connectivity index (χ4v) is 2.23. The molecule has 0 saturated carbocycles. The second-order valence-corrected chi connectivity index (χ2v) is 5.69. The van der Waals surface area contributed by atoms with Crippen LogP contribution in [0.25, 0.3) is 0 Å². The SMILES string of the molecule is CCCOC(=O)c1cccc(NC(=O)CCC(=O)c2ccc(F)cc2)c1. The summed E-state index contributed by atoms with van der Waals surface area (Å²) in [5, 5.41) is 2.65. The van der Waals surface area contributed by atoms with Gasteiger partial charge < -0.3 is 10.1 Å². The first kappa shape index (κ1) is 19.3. The molecule has 1 amide bonds. The Morgan fingerprint density at radius 2 is 1.73 bits per heavy atom. The van der Waals surface area contributed by atoms with Gasteiger partial charge in [-0.2, -0.15) is 0 Å². The van der Waals surface area contributed by atoms with E-state index >= 15 is 0 Å². The van der Waals surface area contributed by atoms with Gasteiger partial charge in [0.2, 0.25) is 5.91 Å². The van der Waals surface area contributed by atoms with E-state index in [0.717, 1.165) is 6.42 Å². The summed E-state index contributed by atoms with van der Waals surface area (Å²) in [6, 6.07) is 11.6. The maximum Gasteiger partial charge on any atom is 0.338 e. The zero-order chi connectivity index (χ0) is 18.9. The minimum atomic E-state index is -0.450. The highest BCUT2D eigenvalue weighted by atomic mass is 19.1. The van der Waals surface area contributed by atoms with Crippen molar-refractivity contribution in [2.45, 2.75) is 26.2 Å². The smallest absolute Gasteiger partial charge is 0.338 e. The van der Waals surface area contributed by atoms with Gasteiger partial charge in [-0.1, -0.05) is 13.0 Å². The Morgan fingerprint density at radius 1 is 1.00 bits per heavy atom. The number of esters is 1. The van der Waals surface area contributed by atoms with E-state index in [1.165, 1.54) is 30.3 Å². The first-order valence-corrected chi connectivity index (χ1v) is 8.35. The van der Waals surface area contributed by atoms with Crippen molar-refractivity contribution in [1.29, 1.82) is 0 Å².